The van der Waals surface area contributed by atoms with Crippen molar-refractivity contribution in [2.24, 2.45) is 0 Å². The van der Waals surface area contributed by atoms with Crippen LogP contribution in [0.2, 0.25) is 5.02 Å². The number of halogens is 1. The Hall–Kier alpha value is -2.22. The summed E-state index contributed by atoms with van der Waals surface area (Å²) >= 11 is 5.90. The second-order valence-electron chi connectivity index (χ2n) is 6.68. The Bertz CT molecular complexity index is 1070. The Kier molecular flexibility index (Phi) is 5.88. The number of aryl methyl sites for hydroxylation is 3. The van der Waals surface area contributed by atoms with E-state index in [9.17, 15) is 8.42 Å². The Morgan fingerprint density at radius 1 is 1.07 bits per heavy atom. The number of benzene rings is 2. The largest absolute Gasteiger partial charge is 0.338 e. The molecule has 0 saturated carbocycles. The molecule has 0 saturated heterocycles. The summed E-state index contributed by atoms with van der Waals surface area (Å²) in [5.74, 6) is 0.626. The van der Waals surface area contributed by atoms with Crippen LogP contribution in [0.3, 0.4) is 0 Å². The van der Waals surface area contributed by atoms with Crippen molar-refractivity contribution in [1.29, 1.82) is 0 Å². The molecule has 28 heavy (non-hydrogen) atoms. The van der Waals surface area contributed by atoms with Crippen LogP contribution in [0.4, 0.5) is 0 Å². The third kappa shape index (κ3) is 4.11. The first-order valence-electron chi connectivity index (χ1n) is 8.89. The fourth-order valence-electron chi connectivity index (χ4n) is 3.26. The van der Waals surface area contributed by atoms with Crippen molar-refractivity contribution in [3.63, 3.8) is 0 Å². The molecule has 1 aromatic heterocycles. The smallest absolute Gasteiger partial charge is 0.244 e. The average molecular weight is 420 g/mol. The van der Waals surface area contributed by atoms with Gasteiger partial charge in [-0.25, -0.2) is 8.42 Å². The first-order chi connectivity index (χ1) is 13.2. The number of aromatic nitrogens is 2. The van der Waals surface area contributed by atoms with Crippen molar-refractivity contribution < 1.29 is 12.9 Å². The van der Waals surface area contributed by atoms with Crippen LogP contribution < -0.4 is 0 Å². The van der Waals surface area contributed by atoms with Gasteiger partial charge in [0.2, 0.25) is 21.7 Å². The zero-order valence-electron chi connectivity index (χ0n) is 16.2. The van der Waals surface area contributed by atoms with Crippen LogP contribution in [-0.4, -0.2) is 29.4 Å². The molecule has 3 aromatic rings. The molecule has 0 spiro atoms. The lowest BCUT2D eigenvalue weighted by atomic mass is 10.1. The Morgan fingerprint density at radius 2 is 1.68 bits per heavy atom. The molecular formula is C20H22ClN3O3S. The molecule has 6 nitrogen and oxygen atoms in total. The second-order valence-corrected chi connectivity index (χ2v) is 8.99. The minimum Gasteiger partial charge on any atom is -0.338 e. The molecule has 0 N–H and O–H groups in total. The number of sulfonamides is 1. The average Bonchev–Trinajstić information content (AvgIpc) is 3.07. The van der Waals surface area contributed by atoms with Gasteiger partial charge in [0, 0.05) is 17.1 Å². The maximum absolute atomic E-state index is 13.3. The van der Waals surface area contributed by atoms with Crippen LogP contribution in [-0.2, 0) is 16.6 Å². The van der Waals surface area contributed by atoms with Crippen LogP contribution in [0.5, 0.6) is 0 Å². The van der Waals surface area contributed by atoms with Crippen molar-refractivity contribution in [3.05, 3.63) is 64.0 Å². The van der Waals surface area contributed by atoms with Gasteiger partial charge in [0.15, 0.2) is 0 Å². The fourth-order valence-corrected chi connectivity index (χ4v) is 5.19. The zero-order chi connectivity index (χ0) is 20.5. The van der Waals surface area contributed by atoms with Crippen molar-refractivity contribution in [2.45, 2.75) is 39.1 Å². The summed E-state index contributed by atoms with van der Waals surface area (Å²) in [6.07, 6.45) is 0. The van der Waals surface area contributed by atoms with Crippen molar-refractivity contribution in [2.75, 3.05) is 6.54 Å². The van der Waals surface area contributed by atoms with E-state index in [4.69, 9.17) is 16.1 Å². The van der Waals surface area contributed by atoms with Gasteiger partial charge < -0.3 is 4.52 Å². The van der Waals surface area contributed by atoms with E-state index in [1.54, 1.807) is 31.2 Å². The number of rotatable bonds is 6. The van der Waals surface area contributed by atoms with Crippen molar-refractivity contribution in [1.82, 2.24) is 14.4 Å². The van der Waals surface area contributed by atoms with Gasteiger partial charge in [0.05, 0.1) is 11.4 Å². The SMILES string of the molecule is CCN(Cc1nc(-c2ccc(Cl)cc2)no1)S(=O)(=O)c1c(C)cc(C)cc1C. The molecule has 0 bridgehead atoms. The van der Waals surface area contributed by atoms with Gasteiger partial charge in [-0.1, -0.05) is 41.4 Å². The summed E-state index contributed by atoms with van der Waals surface area (Å²) in [4.78, 5) is 4.67. The van der Waals surface area contributed by atoms with E-state index in [2.05, 4.69) is 10.1 Å². The molecule has 8 heteroatoms. The zero-order valence-corrected chi connectivity index (χ0v) is 17.8. The van der Waals surface area contributed by atoms with Crippen molar-refractivity contribution >= 4 is 21.6 Å². The van der Waals surface area contributed by atoms with E-state index in [-0.39, 0.29) is 19.0 Å². The second kappa shape index (κ2) is 8.03. The summed E-state index contributed by atoms with van der Waals surface area (Å²) in [6.45, 7) is 7.65. The first kappa shape index (κ1) is 20.5. The van der Waals surface area contributed by atoms with E-state index in [1.165, 1.54) is 4.31 Å². The minimum atomic E-state index is -3.70. The highest BCUT2D eigenvalue weighted by atomic mass is 35.5. The molecule has 0 fully saturated rings. The summed E-state index contributed by atoms with van der Waals surface area (Å²) in [5, 5.41) is 4.56. The Labute approximate surface area is 170 Å². The molecule has 0 atom stereocenters. The molecular weight excluding hydrogens is 398 g/mol. The predicted molar refractivity (Wildman–Crippen MR) is 109 cm³/mol. The van der Waals surface area contributed by atoms with E-state index < -0.39 is 10.0 Å². The summed E-state index contributed by atoms with van der Waals surface area (Å²) in [5.41, 5.74) is 3.23. The number of hydrogen-bond acceptors (Lipinski definition) is 5. The van der Waals surface area contributed by atoms with Gasteiger partial charge in [-0.3, -0.25) is 0 Å². The van der Waals surface area contributed by atoms with E-state index >= 15 is 0 Å². The maximum atomic E-state index is 13.3. The van der Waals surface area contributed by atoms with Gasteiger partial charge in [0.25, 0.3) is 0 Å². The van der Waals surface area contributed by atoms with E-state index in [1.807, 2.05) is 32.9 Å². The van der Waals surface area contributed by atoms with E-state index in [0.717, 1.165) is 22.3 Å². The quantitative estimate of drug-likeness (QED) is 0.586. The predicted octanol–water partition coefficient (Wildman–Crippen LogP) is 4.53. The van der Waals surface area contributed by atoms with Crippen LogP contribution in [0.15, 0.2) is 45.8 Å². The highest BCUT2D eigenvalue weighted by molar-refractivity contribution is 7.89. The van der Waals surface area contributed by atoms with Crippen LogP contribution in [0.25, 0.3) is 11.4 Å². The van der Waals surface area contributed by atoms with Gasteiger partial charge in [-0.15, -0.1) is 0 Å². The molecule has 0 aliphatic heterocycles. The Morgan fingerprint density at radius 3 is 2.25 bits per heavy atom. The molecule has 3 rings (SSSR count). The third-order valence-electron chi connectivity index (χ3n) is 4.44. The lowest BCUT2D eigenvalue weighted by molar-refractivity contribution is 0.321. The van der Waals surface area contributed by atoms with Crippen LogP contribution in [0.1, 0.15) is 29.5 Å². The minimum absolute atomic E-state index is 0.00613. The molecule has 0 amide bonds. The van der Waals surface area contributed by atoms with E-state index in [0.29, 0.717) is 15.7 Å². The lowest BCUT2D eigenvalue weighted by Gasteiger charge is -2.21. The highest BCUT2D eigenvalue weighted by Gasteiger charge is 2.28. The molecule has 0 unspecified atom stereocenters. The van der Waals surface area contributed by atoms with Gasteiger partial charge >= 0.3 is 0 Å². The number of nitrogens with zero attached hydrogens (tertiary/aromatic N) is 3. The first-order valence-corrected chi connectivity index (χ1v) is 10.7. The fraction of sp³-hybridized carbons (Fsp3) is 0.300. The maximum Gasteiger partial charge on any atom is 0.244 e. The topological polar surface area (TPSA) is 76.3 Å². The van der Waals surface area contributed by atoms with Crippen LogP contribution >= 0.6 is 11.6 Å². The van der Waals surface area contributed by atoms with Gasteiger partial charge in [0.1, 0.15) is 0 Å². The van der Waals surface area contributed by atoms with Gasteiger partial charge in [-0.2, -0.15) is 9.29 Å². The molecule has 2 aromatic carbocycles. The standard InChI is InChI=1S/C20H22ClN3O3S/c1-5-24(28(25,26)19-14(3)10-13(2)11-15(19)4)12-18-22-20(23-27-18)16-6-8-17(21)9-7-16/h6-11H,5,12H2,1-4H3. The molecule has 148 valence electrons. The number of hydrogen-bond donors (Lipinski definition) is 0. The summed E-state index contributed by atoms with van der Waals surface area (Å²) in [7, 11) is -3.70. The van der Waals surface area contributed by atoms with Gasteiger partial charge in [-0.05, 0) is 56.2 Å². The lowest BCUT2D eigenvalue weighted by Crippen LogP contribution is -2.31. The van der Waals surface area contributed by atoms with Crippen molar-refractivity contribution in [3.8, 4) is 11.4 Å². The monoisotopic (exact) mass is 419 g/mol. The van der Waals surface area contributed by atoms with Crippen LogP contribution in [0, 0.1) is 20.8 Å². The highest BCUT2D eigenvalue weighted by Crippen LogP contribution is 2.26. The summed E-state index contributed by atoms with van der Waals surface area (Å²) in [6, 6.07) is 10.8. The molecule has 1 heterocycles. The third-order valence-corrected chi connectivity index (χ3v) is 6.92. The molecule has 0 aliphatic carbocycles. The Balaban J connectivity index is 1.90. The molecule has 0 radical (unpaired) electrons. The normalized spacial score (nSPS) is 11.9. The summed E-state index contributed by atoms with van der Waals surface area (Å²) < 4.78 is 33.1. The molecule has 0 aliphatic rings.